The zero-order valence-electron chi connectivity index (χ0n) is 17.3. The number of hydrogen-bond donors (Lipinski definition) is 1. The second-order valence-corrected chi connectivity index (χ2v) is 8.08. The van der Waals surface area contributed by atoms with Crippen molar-refractivity contribution in [1.82, 2.24) is 5.01 Å². The molecule has 6 heteroatoms. The van der Waals surface area contributed by atoms with Crippen LogP contribution in [0.3, 0.4) is 0 Å². The van der Waals surface area contributed by atoms with E-state index in [-0.39, 0.29) is 17.6 Å². The van der Waals surface area contributed by atoms with E-state index >= 15 is 0 Å². The number of nitrogens with two attached hydrogens (primary N) is 1. The average Bonchev–Trinajstić information content (AvgIpc) is 3.17. The molecule has 2 unspecified atom stereocenters. The normalized spacial score (nSPS) is 24.2. The van der Waals surface area contributed by atoms with E-state index in [0.717, 1.165) is 29.8 Å². The van der Waals surface area contributed by atoms with Crippen LogP contribution < -0.4 is 5.73 Å². The maximum absolute atomic E-state index is 6.52. The second kappa shape index (κ2) is 7.29. The second-order valence-electron chi connectivity index (χ2n) is 8.08. The van der Waals surface area contributed by atoms with Crippen LogP contribution in [0.5, 0.6) is 0 Å². The number of benzene rings is 2. The lowest BCUT2D eigenvalue weighted by Crippen LogP contribution is -2.43. The van der Waals surface area contributed by atoms with E-state index in [1.165, 1.54) is 12.0 Å². The Morgan fingerprint density at radius 2 is 1.70 bits per heavy atom. The van der Waals surface area contributed by atoms with E-state index in [1.807, 2.05) is 23.2 Å². The molecular formula is C24H26N4O2. The quantitative estimate of drug-likeness (QED) is 0.838. The molecule has 2 aromatic rings. The number of fused-ring (bicyclic) bond motifs is 1. The van der Waals surface area contributed by atoms with Gasteiger partial charge in [-0.2, -0.15) is 0 Å². The van der Waals surface area contributed by atoms with Crippen LogP contribution in [0, 0.1) is 0 Å². The van der Waals surface area contributed by atoms with E-state index in [9.17, 15) is 0 Å². The average molecular weight is 402 g/mol. The van der Waals surface area contributed by atoms with Crippen LogP contribution in [0.4, 0.5) is 0 Å². The van der Waals surface area contributed by atoms with Crippen LogP contribution in [-0.4, -0.2) is 31.0 Å². The highest BCUT2D eigenvalue weighted by Gasteiger charge is 2.42. The van der Waals surface area contributed by atoms with Crippen LogP contribution in [-0.2, 0) is 15.0 Å². The van der Waals surface area contributed by atoms with Gasteiger partial charge in [0.05, 0.1) is 14.2 Å². The molecule has 1 fully saturated rings. The molecule has 154 valence electrons. The Kier molecular flexibility index (Phi) is 4.59. The Morgan fingerprint density at radius 1 is 0.967 bits per heavy atom. The summed E-state index contributed by atoms with van der Waals surface area (Å²) in [5.41, 5.74) is 9.82. The summed E-state index contributed by atoms with van der Waals surface area (Å²) in [6.07, 6.45) is 5.08. The molecular weight excluding hydrogens is 376 g/mol. The number of hydrazone groups is 1. The fourth-order valence-corrected chi connectivity index (χ4v) is 4.46. The molecule has 0 amide bonds. The van der Waals surface area contributed by atoms with E-state index in [4.69, 9.17) is 25.3 Å². The molecule has 2 atom stereocenters. The van der Waals surface area contributed by atoms with Crippen molar-refractivity contribution in [3.63, 3.8) is 0 Å². The highest BCUT2D eigenvalue weighted by atomic mass is 16.5. The lowest BCUT2D eigenvalue weighted by atomic mass is 9.72. The minimum atomic E-state index is -0.167. The smallest absolute Gasteiger partial charge is 0.234 e. The van der Waals surface area contributed by atoms with Crippen molar-refractivity contribution in [1.29, 1.82) is 0 Å². The fourth-order valence-electron chi connectivity index (χ4n) is 4.46. The standard InChI is InChI=1S/C24H26N4O2/c1-29-19-15-20(30-2)27-28-22(17-7-4-3-5-8-17)21(26-23(19)28)16-9-11-18(12-10-16)24(25)13-6-14-24/h3-5,7-12,15,21-22H,6,13-14,25H2,1-2H3. The van der Waals surface area contributed by atoms with Gasteiger partial charge in [-0.15, -0.1) is 5.10 Å². The van der Waals surface area contributed by atoms with Gasteiger partial charge in [-0.1, -0.05) is 54.6 Å². The van der Waals surface area contributed by atoms with E-state index in [0.29, 0.717) is 11.7 Å². The number of aliphatic imine (C=N–C) groups is 1. The topological polar surface area (TPSA) is 72.4 Å². The molecule has 2 aliphatic heterocycles. The van der Waals surface area contributed by atoms with Crippen LogP contribution in [0.15, 0.2) is 76.5 Å². The molecule has 1 aliphatic carbocycles. The molecule has 1 saturated carbocycles. The van der Waals surface area contributed by atoms with Gasteiger partial charge in [-0.05, 0) is 36.0 Å². The van der Waals surface area contributed by atoms with Gasteiger partial charge in [0, 0.05) is 11.6 Å². The van der Waals surface area contributed by atoms with Gasteiger partial charge in [-0.3, -0.25) is 4.99 Å². The summed E-state index contributed by atoms with van der Waals surface area (Å²) < 4.78 is 11.0. The van der Waals surface area contributed by atoms with Crippen molar-refractivity contribution in [2.75, 3.05) is 14.2 Å². The monoisotopic (exact) mass is 402 g/mol. The fraction of sp³-hybridized carbons (Fsp3) is 0.333. The van der Waals surface area contributed by atoms with Gasteiger partial charge in [-0.25, -0.2) is 5.01 Å². The predicted molar refractivity (Wildman–Crippen MR) is 117 cm³/mol. The molecule has 0 radical (unpaired) electrons. The summed E-state index contributed by atoms with van der Waals surface area (Å²) in [6.45, 7) is 0. The molecule has 3 aliphatic rings. The summed E-state index contributed by atoms with van der Waals surface area (Å²) in [5, 5.41) is 6.61. The molecule has 2 heterocycles. The third-order valence-corrected chi connectivity index (χ3v) is 6.37. The first-order valence-corrected chi connectivity index (χ1v) is 10.3. The van der Waals surface area contributed by atoms with Gasteiger partial charge in [0.25, 0.3) is 0 Å². The number of nitrogens with zero attached hydrogens (tertiary/aromatic N) is 3. The first-order chi connectivity index (χ1) is 14.6. The number of ether oxygens (including phenoxy) is 2. The largest absolute Gasteiger partial charge is 0.493 e. The molecule has 2 aromatic carbocycles. The van der Waals surface area contributed by atoms with Gasteiger partial charge >= 0.3 is 0 Å². The molecule has 0 aromatic heterocycles. The highest BCUT2D eigenvalue weighted by Crippen LogP contribution is 2.45. The van der Waals surface area contributed by atoms with Crippen molar-refractivity contribution in [3.8, 4) is 0 Å². The highest BCUT2D eigenvalue weighted by molar-refractivity contribution is 6.06. The Balaban J connectivity index is 1.56. The Bertz CT molecular complexity index is 1020. The molecule has 2 N–H and O–H groups in total. The van der Waals surface area contributed by atoms with Crippen LogP contribution in [0.1, 0.15) is 48.0 Å². The maximum atomic E-state index is 6.52. The van der Waals surface area contributed by atoms with Crippen molar-refractivity contribution in [2.45, 2.75) is 36.9 Å². The summed E-state index contributed by atoms with van der Waals surface area (Å²) in [5.74, 6) is 1.87. The van der Waals surface area contributed by atoms with E-state index in [1.54, 1.807) is 20.3 Å². The van der Waals surface area contributed by atoms with Crippen LogP contribution >= 0.6 is 0 Å². The summed E-state index contributed by atoms with van der Waals surface area (Å²) in [7, 11) is 3.25. The van der Waals surface area contributed by atoms with Crippen LogP contribution in [0.2, 0.25) is 0 Å². The zero-order chi connectivity index (χ0) is 20.7. The van der Waals surface area contributed by atoms with Gasteiger partial charge in [0.15, 0.2) is 11.6 Å². The zero-order valence-corrected chi connectivity index (χ0v) is 17.3. The SMILES string of the molecule is COC1=CC(OC)=NN2C1=NC(c1ccc(C3(N)CCC3)cc1)C2c1ccccc1. The maximum Gasteiger partial charge on any atom is 0.234 e. The summed E-state index contributed by atoms with van der Waals surface area (Å²) in [4.78, 5) is 5.04. The first-order valence-electron chi connectivity index (χ1n) is 10.3. The predicted octanol–water partition coefficient (Wildman–Crippen LogP) is 4.02. The third kappa shape index (κ3) is 2.99. The number of amidine groups is 1. The third-order valence-electron chi connectivity index (χ3n) is 6.37. The van der Waals surface area contributed by atoms with Crippen molar-refractivity contribution >= 4 is 11.7 Å². The van der Waals surface area contributed by atoms with E-state index in [2.05, 4.69) is 36.4 Å². The van der Waals surface area contributed by atoms with Gasteiger partial charge < -0.3 is 15.2 Å². The Morgan fingerprint density at radius 3 is 2.30 bits per heavy atom. The Labute approximate surface area is 176 Å². The van der Waals surface area contributed by atoms with E-state index < -0.39 is 0 Å². The molecule has 0 spiro atoms. The van der Waals surface area contributed by atoms with Crippen molar-refractivity contribution in [2.24, 2.45) is 15.8 Å². The lowest BCUT2D eigenvalue weighted by molar-refractivity contribution is 0.253. The molecule has 0 saturated heterocycles. The van der Waals surface area contributed by atoms with Gasteiger partial charge in [0.1, 0.15) is 12.1 Å². The molecule has 5 rings (SSSR count). The molecule has 30 heavy (non-hydrogen) atoms. The van der Waals surface area contributed by atoms with Crippen molar-refractivity contribution in [3.05, 3.63) is 83.1 Å². The first kappa shape index (κ1) is 18.9. The number of methoxy groups -OCH3 is 2. The van der Waals surface area contributed by atoms with Crippen LogP contribution in [0.25, 0.3) is 0 Å². The minimum Gasteiger partial charge on any atom is -0.493 e. The van der Waals surface area contributed by atoms with Crippen molar-refractivity contribution < 1.29 is 9.47 Å². The summed E-state index contributed by atoms with van der Waals surface area (Å²) in [6, 6.07) is 18.7. The summed E-state index contributed by atoms with van der Waals surface area (Å²) >= 11 is 0. The minimum absolute atomic E-state index is 0.0911. The molecule has 6 nitrogen and oxygen atoms in total. The lowest BCUT2D eigenvalue weighted by Gasteiger charge is -2.38. The van der Waals surface area contributed by atoms with Gasteiger partial charge in [0.2, 0.25) is 5.90 Å². The Hall–Kier alpha value is -3.12. The number of rotatable bonds is 4. The molecule has 0 bridgehead atoms. The number of hydrogen-bond acceptors (Lipinski definition) is 6.